The summed E-state index contributed by atoms with van der Waals surface area (Å²) in [6, 6.07) is 9.03. The highest BCUT2D eigenvalue weighted by Crippen LogP contribution is 2.44. The van der Waals surface area contributed by atoms with Crippen molar-refractivity contribution in [3.05, 3.63) is 41.2 Å². The maximum atomic E-state index is 9.87. The maximum absolute atomic E-state index is 9.87. The first-order valence-electron chi connectivity index (χ1n) is 8.38. The summed E-state index contributed by atoms with van der Waals surface area (Å²) in [5.41, 5.74) is 2.48. The molecular formula is C18H22N2O3. The van der Waals surface area contributed by atoms with E-state index in [2.05, 4.69) is 41.1 Å². The first kappa shape index (κ1) is 14.6. The van der Waals surface area contributed by atoms with Gasteiger partial charge in [-0.3, -0.25) is 0 Å². The van der Waals surface area contributed by atoms with Crippen LogP contribution < -0.4 is 4.90 Å². The number of anilines is 1. The van der Waals surface area contributed by atoms with Crippen molar-refractivity contribution >= 4 is 6.01 Å². The number of oxazole rings is 1. The molecule has 1 aromatic heterocycles. The van der Waals surface area contributed by atoms with Crippen LogP contribution in [0.25, 0.3) is 0 Å². The van der Waals surface area contributed by atoms with Gasteiger partial charge in [0.05, 0.1) is 12.2 Å². The zero-order chi connectivity index (χ0) is 15.9. The van der Waals surface area contributed by atoms with Crippen LogP contribution in [-0.2, 0) is 23.4 Å². The number of piperidine rings is 1. The summed E-state index contributed by atoms with van der Waals surface area (Å²) in [7, 11) is 0. The molecule has 0 radical (unpaired) electrons. The normalized spacial score (nSPS) is 19.3. The van der Waals surface area contributed by atoms with Gasteiger partial charge in [0.15, 0.2) is 5.76 Å². The zero-order valence-corrected chi connectivity index (χ0v) is 13.4. The number of hydrogen-bond acceptors (Lipinski definition) is 5. The number of rotatable bonds is 3. The van der Waals surface area contributed by atoms with Crippen LogP contribution in [0.2, 0.25) is 0 Å². The third-order valence-electron chi connectivity index (χ3n) is 5.00. The molecule has 1 spiro atoms. The molecule has 122 valence electrons. The van der Waals surface area contributed by atoms with E-state index >= 15 is 0 Å². The van der Waals surface area contributed by atoms with E-state index in [1.807, 2.05) is 0 Å². The van der Waals surface area contributed by atoms with E-state index in [9.17, 15) is 5.11 Å². The number of ether oxygens (including phenoxy) is 1. The molecule has 0 aliphatic carbocycles. The van der Waals surface area contributed by atoms with Crippen LogP contribution in [0.3, 0.4) is 0 Å². The minimum atomic E-state index is -0.159. The number of hydrogen-bond donors (Lipinski definition) is 1. The Bertz CT molecular complexity index is 702. The molecule has 0 unspecified atom stereocenters. The summed E-state index contributed by atoms with van der Waals surface area (Å²) in [6.45, 7) is 4.40. The Morgan fingerprint density at radius 2 is 2.04 bits per heavy atom. The fourth-order valence-electron chi connectivity index (χ4n) is 3.71. The average Bonchev–Trinajstić information content (AvgIpc) is 3.12. The number of nitrogens with zero attached hydrogens (tertiary/aromatic N) is 2. The van der Waals surface area contributed by atoms with Gasteiger partial charge in [-0.05, 0) is 30.4 Å². The third kappa shape index (κ3) is 2.39. The largest absolute Gasteiger partial charge is 0.491 e. The van der Waals surface area contributed by atoms with Crippen molar-refractivity contribution in [2.75, 3.05) is 18.0 Å². The first-order valence-corrected chi connectivity index (χ1v) is 8.38. The Labute approximate surface area is 135 Å². The molecule has 4 rings (SSSR count). The molecule has 0 atom stereocenters. The predicted molar refractivity (Wildman–Crippen MR) is 86.5 cm³/mol. The van der Waals surface area contributed by atoms with E-state index in [0.29, 0.717) is 24.8 Å². The molecule has 0 saturated carbocycles. The second kappa shape index (κ2) is 5.57. The molecule has 1 N–H and O–H groups in total. The Balaban J connectivity index is 1.51. The second-order valence-electron chi connectivity index (χ2n) is 6.42. The van der Waals surface area contributed by atoms with Gasteiger partial charge in [-0.25, -0.2) is 0 Å². The second-order valence-corrected chi connectivity index (χ2v) is 6.42. The van der Waals surface area contributed by atoms with Crippen LogP contribution in [0.15, 0.2) is 28.7 Å². The van der Waals surface area contributed by atoms with Crippen molar-refractivity contribution in [2.45, 2.75) is 44.8 Å². The van der Waals surface area contributed by atoms with Gasteiger partial charge in [-0.2, -0.15) is 4.98 Å². The van der Waals surface area contributed by atoms with Crippen LogP contribution >= 0.6 is 0 Å². The van der Waals surface area contributed by atoms with Crippen molar-refractivity contribution in [3.8, 4) is 5.88 Å². The molecule has 0 bridgehead atoms. The number of fused-ring (bicyclic) bond motifs is 2. The standard InChI is InChI=1S/C18H22N2O3/c1-2-5-15-16(21)19-17(23-15)20-10-8-18(9-11-20)14-7-4-3-6-13(14)12-22-18/h3-4,6-7,21H,2,5,8-12H2,1H3. The Morgan fingerprint density at radius 3 is 2.83 bits per heavy atom. The minimum absolute atomic E-state index is 0.0320. The van der Waals surface area contributed by atoms with E-state index < -0.39 is 0 Å². The Hall–Kier alpha value is -2.01. The quantitative estimate of drug-likeness (QED) is 0.941. The van der Waals surface area contributed by atoms with Crippen LogP contribution in [0, 0.1) is 0 Å². The lowest BCUT2D eigenvalue weighted by Gasteiger charge is -2.38. The lowest BCUT2D eigenvalue weighted by molar-refractivity contribution is -0.0555. The van der Waals surface area contributed by atoms with Crippen LogP contribution in [0.4, 0.5) is 6.01 Å². The number of aromatic nitrogens is 1. The zero-order valence-electron chi connectivity index (χ0n) is 13.4. The van der Waals surface area contributed by atoms with Crippen molar-refractivity contribution in [2.24, 2.45) is 0 Å². The summed E-state index contributed by atoms with van der Waals surface area (Å²) in [5.74, 6) is 0.620. The fourth-order valence-corrected chi connectivity index (χ4v) is 3.71. The average molecular weight is 314 g/mol. The van der Waals surface area contributed by atoms with E-state index in [4.69, 9.17) is 9.15 Å². The van der Waals surface area contributed by atoms with Crippen molar-refractivity contribution in [3.63, 3.8) is 0 Å². The lowest BCUT2D eigenvalue weighted by Crippen LogP contribution is -2.42. The van der Waals surface area contributed by atoms with Gasteiger partial charge in [-0.15, -0.1) is 0 Å². The highest BCUT2D eigenvalue weighted by Gasteiger charge is 2.43. The molecule has 2 aliphatic rings. The molecule has 3 heterocycles. The molecular weight excluding hydrogens is 292 g/mol. The van der Waals surface area contributed by atoms with Crippen LogP contribution in [0.1, 0.15) is 43.1 Å². The van der Waals surface area contributed by atoms with Gasteiger partial charge in [0.25, 0.3) is 5.88 Å². The topological polar surface area (TPSA) is 58.7 Å². The van der Waals surface area contributed by atoms with Gasteiger partial charge >= 0.3 is 6.01 Å². The highest BCUT2D eigenvalue weighted by atomic mass is 16.5. The van der Waals surface area contributed by atoms with Gasteiger partial charge in [0, 0.05) is 19.5 Å². The van der Waals surface area contributed by atoms with Crippen LogP contribution in [0.5, 0.6) is 5.88 Å². The minimum Gasteiger partial charge on any atom is -0.491 e. The van der Waals surface area contributed by atoms with Gasteiger partial charge in [-0.1, -0.05) is 31.2 Å². The monoisotopic (exact) mass is 314 g/mol. The van der Waals surface area contributed by atoms with Crippen LogP contribution in [-0.4, -0.2) is 23.2 Å². The predicted octanol–water partition coefficient (Wildman–Crippen LogP) is 3.36. The van der Waals surface area contributed by atoms with Crippen molar-refractivity contribution < 1.29 is 14.3 Å². The summed E-state index contributed by atoms with van der Waals surface area (Å²) in [4.78, 5) is 6.29. The van der Waals surface area contributed by atoms with Crippen molar-refractivity contribution in [1.29, 1.82) is 0 Å². The fraction of sp³-hybridized carbons (Fsp3) is 0.500. The summed E-state index contributed by atoms with van der Waals surface area (Å²) >= 11 is 0. The molecule has 2 aromatic rings. The van der Waals surface area contributed by atoms with Crippen molar-refractivity contribution in [1.82, 2.24) is 4.98 Å². The smallest absolute Gasteiger partial charge is 0.300 e. The van der Waals surface area contributed by atoms with E-state index in [1.54, 1.807) is 0 Å². The first-order chi connectivity index (χ1) is 11.2. The molecule has 23 heavy (non-hydrogen) atoms. The molecule has 2 aliphatic heterocycles. The third-order valence-corrected chi connectivity index (χ3v) is 5.00. The van der Waals surface area contributed by atoms with Gasteiger partial charge < -0.3 is 19.2 Å². The number of aromatic hydroxyl groups is 1. The molecule has 5 heteroatoms. The van der Waals surface area contributed by atoms with E-state index in [1.165, 1.54) is 11.1 Å². The molecule has 5 nitrogen and oxygen atoms in total. The Kier molecular flexibility index (Phi) is 3.53. The SMILES string of the molecule is CCCc1oc(N2CCC3(CC2)OCc2ccccc23)nc1O. The molecule has 0 amide bonds. The van der Waals surface area contributed by atoms with E-state index in [0.717, 1.165) is 32.4 Å². The molecule has 1 saturated heterocycles. The lowest BCUT2D eigenvalue weighted by atomic mass is 9.84. The van der Waals surface area contributed by atoms with Gasteiger partial charge in [0.2, 0.25) is 0 Å². The highest BCUT2D eigenvalue weighted by molar-refractivity contribution is 5.39. The number of aryl methyl sites for hydroxylation is 1. The molecule has 1 aromatic carbocycles. The summed E-state index contributed by atoms with van der Waals surface area (Å²) < 4.78 is 11.9. The van der Waals surface area contributed by atoms with Gasteiger partial charge in [0.1, 0.15) is 0 Å². The summed E-state index contributed by atoms with van der Waals surface area (Å²) in [5, 5.41) is 9.87. The Morgan fingerprint density at radius 1 is 1.26 bits per heavy atom. The summed E-state index contributed by atoms with van der Waals surface area (Å²) in [6.07, 6.45) is 3.47. The van der Waals surface area contributed by atoms with E-state index in [-0.39, 0.29) is 11.5 Å². The maximum Gasteiger partial charge on any atom is 0.300 e. The number of benzene rings is 1. The molecule has 1 fully saturated rings.